The van der Waals surface area contributed by atoms with Crippen molar-refractivity contribution >= 4 is 14.1 Å². The highest BCUT2D eigenvalue weighted by Crippen LogP contribution is 2.09. The molecule has 0 unspecified atom stereocenters. The van der Waals surface area contributed by atoms with Gasteiger partial charge in [-0.3, -0.25) is 0 Å². The van der Waals surface area contributed by atoms with Crippen LogP contribution >= 0.6 is 0 Å². The predicted octanol–water partition coefficient (Wildman–Crippen LogP) is 3.34. The molecule has 0 radical (unpaired) electrons. The van der Waals surface area contributed by atoms with Crippen molar-refractivity contribution < 1.29 is 4.74 Å². The van der Waals surface area contributed by atoms with Crippen molar-refractivity contribution in [2.24, 2.45) is 0 Å². The van der Waals surface area contributed by atoms with Crippen molar-refractivity contribution in [3.05, 3.63) is 0 Å². The molecule has 1 nitrogen and oxygen atoms in total. The number of hydrogen-bond acceptors (Lipinski definition) is 1. The van der Waals surface area contributed by atoms with Gasteiger partial charge in [0.1, 0.15) is 0 Å². The second-order valence-corrected chi connectivity index (χ2v) is 7.32. The van der Waals surface area contributed by atoms with E-state index in [0.717, 1.165) is 13.2 Å². The van der Waals surface area contributed by atoms with Crippen molar-refractivity contribution in [1.82, 2.24) is 0 Å². The molecule has 0 amide bonds. The van der Waals surface area contributed by atoms with Gasteiger partial charge in [-0.15, -0.1) is 0 Å². The third-order valence-electron chi connectivity index (χ3n) is 2.51. The predicted molar refractivity (Wildman–Crippen MR) is 57.3 cm³/mol. The summed E-state index contributed by atoms with van der Waals surface area (Å²) in [7, 11) is 0. The molecule has 2 heteroatoms. The quantitative estimate of drug-likeness (QED) is 0.417. The summed E-state index contributed by atoms with van der Waals surface area (Å²) in [5, 5.41) is 4.48. The molecule has 12 heavy (non-hydrogen) atoms. The summed E-state index contributed by atoms with van der Waals surface area (Å²) in [6, 6.07) is 0. The van der Waals surface area contributed by atoms with E-state index in [4.69, 9.17) is 4.74 Å². The maximum Gasteiger partial charge on any atom is 0.261 e. The minimum Gasteiger partial charge on any atom is -0.382 e. The van der Waals surface area contributed by atoms with Gasteiger partial charge in [0.2, 0.25) is 0 Å². The van der Waals surface area contributed by atoms with E-state index < -0.39 is 0 Å². The van der Waals surface area contributed by atoms with Crippen LogP contribution in [0.3, 0.4) is 0 Å². The molecule has 0 aliphatic carbocycles. The molecule has 0 aliphatic rings. The first-order valence-electron chi connectivity index (χ1n) is 5.42. The molecule has 0 saturated carbocycles. The average Bonchev–Trinajstić information content (AvgIpc) is 2.11. The van der Waals surface area contributed by atoms with Gasteiger partial charge in [-0.1, -0.05) is 36.1 Å². The van der Waals surface area contributed by atoms with Gasteiger partial charge in [-0.05, 0) is 13.3 Å². The fraction of sp³-hybridized carbons (Fsp3) is 1.00. The van der Waals surface area contributed by atoms with Crippen LogP contribution in [0, 0.1) is 0 Å². The molecule has 0 heterocycles. The Hall–Kier alpha value is 0.492. The molecule has 0 aromatic heterocycles. The molecule has 0 aromatic rings. The molecular weight excluding hydrogens is 163 g/mol. The van der Waals surface area contributed by atoms with Crippen LogP contribution in [0.5, 0.6) is 0 Å². The van der Waals surface area contributed by atoms with E-state index in [1.54, 1.807) is 0 Å². The molecule has 0 N–H and O–H groups in total. The Bertz CT molecular complexity index is 81.9. The number of hydrogen-bond donors (Lipinski definition) is 0. The topological polar surface area (TPSA) is 9.23 Å². The first-order valence-corrected chi connectivity index (χ1v) is 7.87. The third kappa shape index (κ3) is 7.16. The van der Waals surface area contributed by atoms with E-state index in [2.05, 4.69) is 20.8 Å². The van der Waals surface area contributed by atoms with Gasteiger partial charge < -0.3 is 4.74 Å². The summed E-state index contributed by atoms with van der Waals surface area (Å²) < 4.78 is 5.30. The first kappa shape index (κ1) is 12.5. The van der Waals surface area contributed by atoms with Crippen LogP contribution < -0.4 is 0 Å². The van der Waals surface area contributed by atoms with E-state index in [0.29, 0.717) is 0 Å². The lowest BCUT2D eigenvalue weighted by atomic mass is 10.4. The zero-order valence-electron chi connectivity index (χ0n) is 8.94. The Kier molecular flexibility index (Phi) is 9.97. The summed E-state index contributed by atoms with van der Waals surface area (Å²) in [5.41, 5.74) is 0. The highest BCUT2D eigenvalue weighted by atomic mass is 27.2. The summed E-state index contributed by atoms with van der Waals surface area (Å²) in [4.78, 5) is 0. The number of unbranched alkanes of at least 4 members (excludes halogenated alkanes) is 1. The second-order valence-electron chi connectivity index (χ2n) is 3.38. The largest absolute Gasteiger partial charge is 0.382 e. The molecule has 0 saturated heterocycles. The molecule has 0 aliphatic heterocycles. The van der Waals surface area contributed by atoms with Crippen molar-refractivity contribution in [3.63, 3.8) is 0 Å². The van der Waals surface area contributed by atoms with Crippen LogP contribution in [0.25, 0.3) is 0 Å². The standard InChI is InChI=1S/C6H13O.2C2H5.Al/c1-3-5-6-7-4-2;2*1-2;/h1,3-6H2,2H3;2*1H2,2H3;. The number of rotatable bonds is 8. The fourth-order valence-electron chi connectivity index (χ4n) is 1.48. The van der Waals surface area contributed by atoms with Crippen LogP contribution in [0.4, 0.5) is 0 Å². The first-order chi connectivity index (χ1) is 5.85. The molecule has 0 fully saturated rings. The van der Waals surface area contributed by atoms with Gasteiger partial charge in [-0.2, -0.15) is 0 Å². The molecule has 0 rings (SSSR count). The minimum absolute atomic E-state index is 0.299. The minimum atomic E-state index is -0.299. The number of ether oxygens (including phenoxy) is 1. The molecule has 0 bridgehead atoms. The van der Waals surface area contributed by atoms with Crippen molar-refractivity contribution in [1.29, 1.82) is 0 Å². The van der Waals surface area contributed by atoms with Crippen LogP contribution in [0.1, 0.15) is 33.6 Å². The van der Waals surface area contributed by atoms with Gasteiger partial charge >= 0.3 is 0 Å². The lowest BCUT2D eigenvalue weighted by Crippen LogP contribution is -2.08. The Morgan fingerprint density at radius 2 is 1.67 bits per heavy atom. The molecule has 0 aromatic carbocycles. The lowest BCUT2D eigenvalue weighted by molar-refractivity contribution is 0.144. The highest BCUT2D eigenvalue weighted by molar-refractivity contribution is 6.58. The lowest BCUT2D eigenvalue weighted by Gasteiger charge is -2.05. The van der Waals surface area contributed by atoms with Crippen molar-refractivity contribution in [2.75, 3.05) is 13.2 Å². The molecule has 0 atom stereocenters. The Labute approximate surface area is 81.9 Å². The fourth-order valence-corrected chi connectivity index (χ4v) is 3.74. The third-order valence-corrected chi connectivity index (χ3v) is 6.04. The van der Waals surface area contributed by atoms with E-state index in [9.17, 15) is 0 Å². The molecule has 0 spiro atoms. The summed E-state index contributed by atoms with van der Waals surface area (Å²) in [6.45, 7) is 8.62. The van der Waals surface area contributed by atoms with Gasteiger partial charge in [0, 0.05) is 13.2 Å². The van der Waals surface area contributed by atoms with E-state index >= 15 is 0 Å². The monoisotopic (exact) mass is 186 g/mol. The highest BCUT2D eigenvalue weighted by Gasteiger charge is 2.09. The van der Waals surface area contributed by atoms with Crippen LogP contribution in [-0.4, -0.2) is 27.4 Å². The zero-order valence-corrected chi connectivity index (χ0v) is 10.1. The summed E-state index contributed by atoms with van der Waals surface area (Å²) >= 11 is -0.299. The second kappa shape index (κ2) is 9.58. The van der Waals surface area contributed by atoms with Gasteiger partial charge in [-0.25, -0.2) is 0 Å². The Balaban J connectivity index is 3.06. The van der Waals surface area contributed by atoms with Crippen molar-refractivity contribution in [2.45, 2.75) is 49.5 Å². The summed E-state index contributed by atoms with van der Waals surface area (Å²) in [5.74, 6) is 0. The zero-order chi connectivity index (χ0) is 9.23. The molecular formula is C10H23AlO. The SMILES string of the molecule is CCOCCC[CH2][Al]([CH2]C)[CH2]C. The van der Waals surface area contributed by atoms with Crippen LogP contribution in [-0.2, 0) is 4.74 Å². The normalized spacial score (nSPS) is 10.2. The Morgan fingerprint density at radius 3 is 2.17 bits per heavy atom. The van der Waals surface area contributed by atoms with Crippen LogP contribution in [0.15, 0.2) is 0 Å². The maximum absolute atomic E-state index is 5.30. The van der Waals surface area contributed by atoms with E-state index in [1.165, 1.54) is 28.7 Å². The average molecular weight is 186 g/mol. The molecule has 72 valence electrons. The van der Waals surface area contributed by atoms with Gasteiger partial charge in [0.25, 0.3) is 14.1 Å². The van der Waals surface area contributed by atoms with E-state index in [-0.39, 0.29) is 14.1 Å². The smallest absolute Gasteiger partial charge is 0.261 e. The van der Waals surface area contributed by atoms with Crippen molar-refractivity contribution in [3.8, 4) is 0 Å². The Morgan fingerprint density at radius 1 is 1.00 bits per heavy atom. The summed E-state index contributed by atoms with van der Waals surface area (Å²) in [6.07, 6.45) is 2.68. The van der Waals surface area contributed by atoms with Gasteiger partial charge in [0.05, 0.1) is 0 Å². The maximum atomic E-state index is 5.30. The van der Waals surface area contributed by atoms with E-state index in [1.807, 2.05) is 0 Å². The van der Waals surface area contributed by atoms with Gasteiger partial charge in [0.15, 0.2) is 0 Å². The van der Waals surface area contributed by atoms with Crippen LogP contribution in [0.2, 0.25) is 15.8 Å².